The third kappa shape index (κ3) is 5.28. The molecule has 0 aliphatic carbocycles. The first-order valence-electron chi connectivity index (χ1n) is 11.3. The molecule has 0 radical (unpaired) electrons. The van der Waals surface area contributed by atoms with Crippen molar-refractivity contribution in [2.75, 3.05) is 57.4 Å². The number of piperidine rings is 1. The SMILES string of the molecule is O=C(C1CCCN(Cc2ccc(N3CCOCC3)c(F)c2)C1)N1CCCCCC1. The zero-order valence-corrected chi connectivity index (χ0v) is 17.5. The van der Waals surface area contributed by atoms with Crippen LogP contribution in [0.5, 0.6) is 0 Å². The molecule has 6 heteroatoms. The molecule has 1 aromatic carbocycles. The van der Waals surface area contributed by atoms with E-state index in [2.05, 4.69) is 14.7 Å². The average Bonchev–Trinajstić information content (AvgIpc) is 3.04. The molecule has 29 heavy (non-hydrogen) atoms. The van der Waals surface area contributed by atoms with Crippen LogP contribution in [-0.2, 0) is 16.1 Å². The largest absolute Gasteiger partial charge is 0.378 e. The minimum Gasteiger partial charge on any atom is -0.378 e. The normalized spacial score (nSPS) is 24.4. The van der Waals surface area contributed by atoms with Crippen LogP contribution in [0, 0.1) is 11.7 Å². The van der Waals surface area contributed by atoms with E-state index in [1.165, 1.54) is 12.8 Å². The molecule has 3 aliphatic rings. The Labute approximate surface area is 173 Å². The van der Waals surface area contributed by atoms with Crippen molar-refractivity contribution in [2.24, 2.45) is 5.92 Å². The number of carbonyl (C=O) groups excluding carboxylic acids is 1. The third-order valence-electron chi connectivity index (χ3n) is 6.54. The molecule has 0 N–H and O–H groups in total. The summed E-state index contributed by atoms with van der Waals surface area (Å²) in [7, 11) is 0. The van der Waals surface area contributed by atoms with Gasteiger partial charge in [-0.25, -0.2) is 4.39 Å². The van der Waals surface area contributed by atoms with Crippen LogP contribution >= 0.6 is 0 Å². The Morgan fingerprint density at radius 3 is 2.48 bits per heavy atom. The lowest BCUT2D eigenvalue weighted by atomic mass is 9.96. The highest BCUT2D eigenvalue weighted by Crippen LogP contribution is 2.25. The number of carbonyl (C=O) groups is 1. The first kappa shape index (κ1) is 20.6. The molecule has 3 fully saturated rings. The Kier molecular flexibility index (Phi) is 7.03. The maximum absolute atomic E-state index is 14.7. The topological polar surface area (TPSA) is 36.0 Å². The number of anilines is 1. The van der Waals surface area contributed by atoms with Crippen LogP contribution in [0.2, 0.25) is 0 Å². The van der Waals surface area contributed by atoms with Crippen molar-refractivity contribution in [1.29, 1.82) is 0 Å². The molecule has 3 aliphatic heterocycles. The Hall–Kier alpha value is -1.66. The number of likely N-dealkylation sites (tertiary alicyclic amines) is 2. The van der Waals surface area contributed by atoms with Crippen LogP contribution in [0.25, 0.3) is 0 Å². The van der Waals surface area contributed by atoms with E-state index in [1.807, 2.05) is 12.1 Å². The molecule has 160 valence electrons. The molecular weight excluding hydrogens is 369 g/mol. The van der Waals surface area contributed by atoms with Crippen molar-refractivity contribution in [1.82, 2.24) is 9.80 Å². The van der Waals surface area contributed by atoms with Crippen molar-refractivity contribution in [3.05, 3.63) is 29.6 Å². The van der Waals surface area contributed by atoms with Gasteiger partial charge in [-0.1, -0.05) is 18.9 Å². The summed E-state index contributed by atoms with van der Waals surface area (Å²) in [4.78, 5) is 19.5. The number of ether oxygens (including phenoxy) is 1. The van der Waals surface area contributed by atoms with Gasteiger partial charge in [0.15, 0.2) is 0 Å². The molecule has 5 nitrogen and oxygen atoms in total. The van der Waals surface area contributed by atoms with Crippen LogP contribution < -0.4 is 4.90 Å². The fraction of sp³-hybridized carbons (Fsp3) is 0.696. The summed E-state index contributed by atoms with van der Waals surface area (Å²) in [5.74, 6) is 0.281. The summed E-state index contributed by atoms with van der Waals surface area (Å²) in [6, 6.07) is 5.61. The third-order valence-corrected chi connectivity index (χ3v) is 6.54. The predicted octanol–water partition coefficient (Wildman–Crippen LogP) is 3.28. The molecule has 1 amide bonds. The zero-order chi connectivity index (χ0) is 20.1. The number of nitrogens with zero attached hydrogens (tertiary/aromatic N) is 3. The van der Waals surface area contributed by atoms with Crippen LogP contribution in [0.3, 0.4) is 0 Å². The van der Waals surface area contributed by atoms with Gasteiger partial charge in [0.25, 0.3) is 0 Å². The van der Waals surface area contributed by atoms with E-state index < -0.39 is 0 Å². The highest BCUT2D eigenvalue weighted by Gasteiger charge is 2.29. The minimum atomic E-state index is -0.154. The number of benzene rings is 1. The van der Waals surface area contributed by atoms with E-state index in [-0.39, 0.29) is 11.7 Å². The Morgan fingerprint density at radius 2 is 1.76 bits per heavy atom. The van der Waals surface area contributed by atoms with Gasteiger partial charge >= 0.3 is 0 Å². The summed E-state index contributed by atoms with van der Waals surface area (Å²) < 4.78 is 20.1. The van der Waals surface area contributed by atoms with Crippen molar-refractivity contribution in [3.63, 3.8) is 0 Å². The number of hydrogen-bond donors (Lipinski definition) is 0. The van der Waals surface area contributed by atoms with Gasteiger partial charge in [0.2, 0.25) is 5.91 Å². The van der Waals surface area contributed by atoms with Gasteiger partial charge in [0.1, 0.15) is 5.82 Å². The number of morpholine rings is 1. The second kappa shape index (κ2) is 9.90. The first-order chi connectivity index (χ1) is 14.2. The van der Waals surface area contributed by atoms with Crippen molar-refractivity contribution >= 4 is 11.6 Å². The maximum Gasteiger partial charge on any atom is 0.226 e. The van der Waals surface area contributed by atoms with Gasteiger partial charge in [-0.15, -0.1) is 0 Å². The average molecular weight is 404 g/mol. The number of halogens is 1. The monoisotopic (exact) mass is 403 g/mol. The van der Waals surface area contributed by atoms with E-state index in [0.29, 0.717) is 31.4 Å². The lowest BCUT2D eigenvalue weighted by molar-refractivity contribution is -0.137. The zero-order valence-electron chi connectivity index (χ0n) is 17.5. The van der Waals surface area contributed by atoms with Gasteiger partial charge < -0.3 is 14.5 Å². The van der Waals surface area contributed by atoms with Crippen LogP contribution in [-0.4, -0.2) is 68.2 Å². The predicted molar refractivity (Wildman–Crippen MR) is 112 cm³/mol. The molecule has 1 unspecified atom stereocenters. The van der Waals surface area contributed by atoms with Crippen molar-refractivity contribution < 1.29 is 13.9 Å². The molecule has 0 saturated carbocycles. The molecular formula is C23H34FN3O2. The second-order valence-corrected chi connectivity index (χ2v) is 8.70. The maximum atomic E-state index is 14.7. The van der Waals surface area contributed by atoms with Crippen LogP contribution in [0.1, 0.15) is 44.1 Å². The fourth-order valence-corrected chi connectivity index (χ4v) is 4.92. The van der Waals surface area contributed by atoms with Crippen molar-refractivity contribution in [2.45, 2.75) is 45.1 Å². The quantitative estimate of drug-likeness (QED) is 0.773. The highest BCUT2D eigenvalue weighted by molar-refractivity contribution is 5.79. The van der Waals surface area contributed by atoms with Gasteiger partial charge in [-0.2, -0.15) is 0 Å². The number of hydrogen-bond acceptors (Lipinski definition) is 4. The summed E-state index contributed by atoms with van der Waals surface area (Å²) in [5, 5.41) is 0. The number of rotatable bonds is 4. The summed E-state index contributed by atoms with van der Waals surface area (Å²) in [5.41, 5.74) is 1.66. The Balaban J connectivity index is 1.35. The fourth-order valence-electron chi connectivity index (χ4n) is 4.92. The van der Waals surface area contributed by atoms with E-state index in [0.717, 1.165) is 70.5 Å². The first-order valence-corrected chi connectivity index (χ1v) is 11.3. The van der Waals surface area contributed by atoms with E-state index in [4.69, 9.17) is 4.74 Å². The van der Waals surface area contributed by atoms with Crippen LogP contribution in [0.4, 0.5) is 10.1 Å². The molecule has 3 heterocycles. The molecule has 1 atom stereocenters. The standard InChI is InChI=1S/C23H34FN3O2/c24-21-16-19(7-8-22(21)26-12-14-29-15-13-26)17-25-9-5-6-20(18-25)23(28)27-10-3-1-2-4-11-27/h7-8,16,20H,1-6,9-15,17-18H2. The molecule has 0 aromatic heterocycles. The molecule has 0 bridgehead atoms. The van der Waals surface area contributed by atoms with Gasteiger partial charge in [0, 0.05) is 39.3 Å². The Bertz CT molecular complexity index is 685. The molecule has 3 saturated heterocycles. The van der Waals surface area contributed by atoms with Gasteiger partial charge in [-0.05, 0) is 49.9 Å². The smallest absolute Gasteiger partial charge is 0.226 e. The second-order valence-electron chi connectivity index (χ2n) is 8.70. The van der Waals surface area contributed by atoms with Crippen molar-refractivity contribution in [3.8, 4) is 0 Å². The molecule has 0 spiro atoms. The molecule has 4 rings (SSSR count). The van der Waals surface area contributed by atoms with E-state index in [1.54, 1.807) is 6.07 Å². The van der Waals surface area contributed by atoms with Crippen LogP contribution in [0.15, 0.2) is 18.2 Å². The summed E-state index contributed by atoms with van der Waals surface area (Å²) >= 11 is 0. The minimum absolute atomic E-state index is 0.0966. The molecule has 1 aromatic rings. The summed E-state index contributed by atoms with van der Waals surface area (Å²) in [6.07, 6.45) is 6.78. The van der Waals surface area contributed by atoms with E-state index in [9.17, 15) is 9.18 Å². The van der Waals surface area contributed by atoms with Gasteiger partial charge in [-0.3, -0.25) is 9.69 Å². The summed E-state index contributed by atoms with van der Waals surface area (Å²) in [6.45, 7) is 7.12. The van der Waals surface area contributed by atoms with E-state index >= 15 is 0 Å². The number of amides is 1. The van der Waals surface area contributed by atoms with Gasteiger partial charge in [0.05, 0.1) is 24.8 Å². The lowest BCUT2D eigenvalue weighted by Crippen LogP contribution is -2.44. The Morgan fingerprint density at radius 1 is 1.00 bits per heavy atom. The lowest BCUT2D eigenvalue weighted by Gasteiger charge is -2.35. The highest BCUT2D eigenvalue weighted by atomic mass is 19.1.